The summed E-state index contributed by atoms with van der Waals surface area (Å²) in [6.07, 6.45) is 1.26. The van der Waals surface area contributed by atoms with Crippen LogP contribution in [-0.4, -0.2) is 15.3 Å². The zero-order chi connectivity index (χ0) is 16.6. The molecule has 0 amide bonds. The predicted octanol–water partition coefficient (Wildman–Crippen LogP) is 3.32. The van der Waals surface area contributed by atoms with Crippen LogP contribution in [-0.2, 0) is 6.54 Å². The summed E-state index contributed by atoms with van der Waals surface area (Å²) in [7, 11) is 0. The molecule has 3 aromatic rings. The van der Waals surface area contributed by atoms with Gasteiger partial charge in [0.05, 0.1) is 23.8 Å². The molecule has 0 spiro atoms. The highest BCUT2D eigenvalue weighted by molar-refractivity contribution is 9.10. The third-order valence-electron chi connectivity index (χ3n) is 3.34. The standard InChI is InChI=1S/C16H9BrF2N2O2/c17-10-2-4-14-11(6-10)16(23)21(8-20-14)7-15(22)9-1-3-12(18)13(19)5-9/h1-6,8H,7H2. The minimum Gasteiger partial charge on any atom is -0.292 e. The van der Waals surface area contributed by atoms with Crippen LogP contribution in [0, 0.1) is 11.6 Å². The molecule has 0 radical (unpaired) electrons. The van der Waals surface area contributed by atoms with Gasteiger partial charge in [-0.2, -0.15) is 0 Å². The normalized spacial score (nSPS) is 10.9. The Morgan fingerprint density at radius 1 is 1.13 bits per heavy atom. The maximum atomic E-state index is 13.2. The predicted molar refractivity (Wildman–Crippen MR) is 84.4 cm³/mol. The first-order valence-corrected chi connectivity index (χ1v) is 7.38. The summed E-state index contributed by atoms with van der Waals surface area (Å²) in [4.78, 5) is 28.6. The van der Waals surface area contributed by atoms with Gasteiger partial charge in [0.25, 0.3) is 5.56 Å². The molecule has 0 aliphatic carbocycles. The Kier molecular flexibility index (Phi) is 4.04. The first-order chi connectivity index (χ1) is 11.0. The van der Waals surface area contributed by atoms with Gasteiger partial charge in [0.15, 0.2) is 17.4 Å². The Balaban J connectivity index is 1.97. The van der Waals surface area contributed by atoms with Crippen LogP contribution in [0.2, 0.25) is 0 Å². The first kappa shape index (κ1) is 15.5. The maximum Gasteiger partial charge on any atom is 0.261 e. The van der Waals surface area contributed by atoms with Crippen molar-refractivity contribution in [1.29, 1.82) is 0 Å². The van der Waals surface area contributed by atoms with Crippen LogP contribution in [0.25, 0.3) is 10.9 Å². The maximum absolute atomic E-state index is 13.2. The van der Waals surface area contributed by atoms with Crippen LogP contribution in [0.4, 0.5) is 8.78 Å². The van der Waals surface area contributed by atoms with Gasteiger partial charge in [0, 0.05) is 10.0 Å². The van der Waals surface area contributed by atoms with Gasteiger partial charge in [0.2, 0.25) is 0 Å². The highest BCUT2D eigenvalue weighted by atomic mass is 79.9. The largest absolute Gasteiger partial charge is 0.292 e. The van der Waals surface area contributed by atoms with Crippen LogP contribution in [0.15, 0.2) is 52.0 Å². The molecule has 0 saturated heterocycles. The van der Waals surface area contributed by atoms with Crippen molar-refractivity contribution in [3.63, 3.8) is 0 Å². The molecule has 23 heavy (non-hydrogen) atoms. The van der Waals surface area contributed by atoms with E-state index < -0.39 is 17.4 Å². The SMILES string of the molecule is O=C(Cn1cnc2ccc(Br)cc2c1=O)c1ccc(F)c(F)c1. The highest BCUT2D eigenvalue weighted by Crippen LogP contribution is 2.15. The molecule has 1 aromatic heterocycles. The van der Waals surface area contributed by atoms with E-state index in [1.54, 1.807) is 18.2 Å². The molecule has 7 heteroatoms. The van der Waals surface area contributed by atoms with Crippen LogP contribution < -0.4 is 5.56 Å². The minimum absolute atomic E-state index is 0.00913. The summed E-state index contributed by atoms with van der Waals surface area (Å²) < 4.78 is 28.0. The van der Waals surface area contributed by atoms with Crippen molar-refractivity contribution in [2.75, 3.05) is 0 Å². The monoisotopic (exact) mass is 378 g/mol. The van der Waals surface area contributed by atoms with Crippen LogP contribution in [0.3, 0.4) is 0 Å². The van der Waals surface area contributed by atoms with Crippen molar-refractivity contribution in [1.82, 2.24) is 9.55 Å². The number of nitrogens with zero attached hydrogens (tertiary/aromatic N) is 2. The summed E-state index contributed by atoms with van der Waals surface area (Å²) in [5, 5.41) is 0.361. The highest BCUT2D eigenvalue weighted by Gasteiger charge is 2.12. The fourth-order valence-electron chi connectivity index (χ4n) is 2.16. The summed E-state index contributed by atoms with van der Waals surface area (Å²) >= 11 is 3.27. The minimum atomic E-state index is -1.11. The average Bonchev–Trinajstić information content (AvgIpc) is 2.53. The van der Waals surface area contributed by atoms with Crippen molar-refractivity contribution >= 4 is 32.6 Å². The summed E-state index contributed by atoms with van der Waals surface area (Å²) in [5.41, 5.74) is 0.118. The van der Waals surface area contributed by atoms with Crippen molar-refractivity contribution < 1.29 is 13.6 Å². The molecule has 4 nitrogen and oxygen atoms in total. The van der Waals surface area contributed by atoms with E-state index in [1.807, 2.05) is 0 Å². The smallest absolute Gasteiger partial charge is 0.261 e. The van der Waals surface area contributed by atoms with Crippen LogP contribution in [0.1, 0.15) is 10.4 Å². The van der Waals surface area contributed by atoms with Crippen molar-refractivity contribution in [3.05, 3.63) is 74.7 Å². The molecule has 2 aromatic carbocycles. The molecule has 0 aliphatic rings. The van der Waals surface area contributed by atoms with Crippen molar-refractivity contribution in [2.45, 2.75) is 6.54 Å². The zero-order valence-electron chi connectivity index (χ0n) is 11.6. The number of Topliss-reactive ketones (excluding diaryl/α,β-unsaturated/α-hetero) is 1. The molecule has 0 atom stereocenters. The molecule has 3 rings (SSSR count). The quantitative estimate of drug-likeness (QED) is 0.657. The fraction of sp³-hybridized carbons (Fsp3) is 0.0625. The molecule has 0 aliphatic heterocycles. The number of hydrogen-bond donors (Lipinski definition) is 0. The van der Waals surface area contributed by atoms with Gasteiger partial charge in [0.1, 0.15) is 0 Å². The number of benzene rings is 2. The molecule has 0 N–H and O–H groups in total. The van der Waals surface area contributed by atoms with E-state index in [-0.39, 0.29) is 17.7 Å². The third-order valence-corrected chi connectivity index (χ3v) is 3.83. The fourth-order valence-corrected chi connectivity index (χ4v) is 2.52. The first-order valence-electron chi connectivity index (χ1n) is 6.58. The lowest BCUT2D eigenvalue weighted by molar-refractivity contribution is 0.0970. The number of carbonyl (C=O) groups excluding carboxylic acids is 1. The van der Waals surface area contributed by atoms with E-state index in [2.05, 4.69) is 20.9 Å². The average molecular weight is 379 g/mol. The molecule has 0 bridgehead atoms. The van der Waals surface area contributed by atoms with Gasteiger partial charge in [-0.25, -0.2) is 13.8 Å². The second-order valence-electron chi connectivity index (χ2n) is 4.89. The van der Waals surface area contributed by atoms with Gasteiger partial charge in [-0.3, -0.25) is 14.2 Å². The molecule has 116 valence electrons. The number of ketones is 1. The number of halogens is 3. The van der Waals surface area contributed by atoms with Crippen molar-refractivity contribution in [2.24, 2.45) is 0 Å². The Hall–Kier alpha value is -2.41. The number of rotatable bonds is 3. The topological polar surface area (TPSA) is 52.0 Å². The van der Waals surface area contributed by atoms with E-state index in [0.29, 0.717) is 15.4 Å². The zero-order valence-corrected chi connectivity index (χ0v) is 13.2. The summed E-state index contributed by atoms with van der Waals surface area (Å²) in [6, 6.07) is 7.92. The Morgan fingerprint density at radius 3 is 2.65 bits per heavy atom. The summed E-state index contributed by atoms with van der Waals surface area (Å²) in [5.74, 6) is -2.65. The van der Waals surface area contributed by atoms with Crippen LogP contribution in [0.5, 0.6) is 0 Å². The van der Waals surface area contributed by atoms with E-state index in [9.17, 15) is 18.4 Å². The third kappa shape index (κ3) is 3.05. The molecule has 0 saturated carbocycles. The Labute approximate surface area is 137 Å². The van der Waals surface area contributed by atoms with E-state index >= 15 is 0 Å². The number of carbonyl (C=O) groups is 1. The van der Waals surface area contributed by atoms with Gasteiger partial charge < -0.3 is 0 Å². The lowest BCUT2D eigenvalue weighted by Gasteiger charge is -2.07. The Morgan fingerprint density at radius 2 is 1.91 bits per heavy atom. The van der Waals surface area contributed by atoms with Gasteiger partial charge in [-0.15, -0.1) is 0 Å². The second-order valence-corrected chi connectivity index (χ2v) is 5.81. The van der Waals surface area contributed by atoms with Crippen molar-refractivity contribution in [3.8, 4) is 0 Å². The number of hydrogen-bond acceptors (Lipinski definition) is 3. The molecular weight excluding hydrogens is 370 g/mol. The second kappa shape index (κ2) is 6.00. The number of fused-ring (bicyclic) bond motifs is 1. The van der Waals surface area contributed by atoms with E-state index in [1.165, 1.54) is 12.4 Å². The Bertz CT molecular complexity index is 985. The van der Waals surface area contributed by atoms with Gasteiger partial charge in [-0.05, 0) is 36.4 Å². The molecular formula is C16H9BrF2N2O2. The lowest BCUT2D eigenvalue weighted by atomic mass is 10.1. The van der Waals surface area contributed by atoms with E-state index in [4.69, 9.17) is 0 Å². The van der Waals surface area contributed by atoms with Crippen LogP contribution >= 0.6 is 15.9 Å². The molecule has 1 heterocycles. The number of aromatic nitrogens is 2. The summed E-state index contributed by atoms with van der Waals surface area (Å²) in [6.45, 7) is -0.306. The van der Waals surface area contributed by atoms with Gasteiger partial charge >= 0.3 is 0 Å². The lowest BCUT2D eigenvalue weighted by Crippen LogP contribution is -2.24. The van der Waals surface area contributed by atoms with E-state index in [0.717, 1.165) is 16.7 Å². The van der Waals surface area contributed by atoms with Gasteiger partial charge in [-0.1, -0.05) is 15.9 Å². The molecule has 0 unspecified atom stereocenters. The molecule has 0 fully saturated rings.